The highest BCUT2D eigenvalue weighted by molar-refractivity contribution is 5.86. The van der Waals surface area contributed by atoms with Gasteiger partial charge in [0.25, 0.3) is 0 Å². The van der Waals surface area contributed by atoms with Gasteiger partial charge in [0.15, 0.2) is 0 Å². The van der Waals surface area contributed by atoms with Crippen LogP contribution in [0.15, 0.2) is 24.3 Å². The van der Waals surface area contributed by atoms with Gasteiger partial charge in [-0.3, -0.25) is 4.79 Å². The lowest BCUT2D eigenvalue weighted by atomic mass is 9.96. The number of methoxy groups -OCH3 is 1. The van der Waals surface area contributed by atoms with Gasteiger partial charge < -0.3 is 15.8 Å². The number of nitrogens with two attached hydrogens (primary N) is 1. The summed E-state index contributed by atoms with van der Waals surface area (Å²) in [5.41, 5.74) is 6.77. The lowest BCUT2D eigenvalue weighted by molar-refractivity contribution is -0.126. The van der Waals surface area contributed by atoms with Crippen LogP contribution < -0.4 is 15.8 Å². The fraction of sp³-hybridized carbons (Fsp3) is 0.588. The summed E-state index contributed by atoms with van der Waals surface area (Å²) >= 11 is 0. The number of hydrogen-bond donors (Lipinski definition) is 2. The van der Waals surface area contributed by atoms with Crippen molar-refractivity contribution in [3.05, 3.63) is 29.8 Å². The quantitative estimate of drug-likeness (QED) is 0.844. The Hall–Kier alpha value is -1.26. The average molecular weight is 327 g/mol. The molecule has 1 aromatic carbocycles. The zero-order chi connectivity index (χ0) is 15.3. The fourth-order valence-corrected chi connectivity index (χ4v) is 2.91. The molecule has 22 heavy (non-hydrogen) atoms. The molecular formula is C17H27ClN2O2. The zero-order valence-electron chi connectivity index (χ0n) is 13.4. The van der Waals surface area contributed by atoms with Gasteiger partial charge in [-0.05, 0) is 42.9 Å². The number of rotatable bonds is 6. The van der Waals surface area contributed by atoms with Crippen LogP contribution in [-0.2, 0) is 4.79 Å². The minimum Gasteiger partial charge on any atom is -0.497 e. The summed E-state index contributed by atoms with van der Waals surface area (Å²) in [4.78, 5) is 12.1. The summed E-state index contributed by atoms with van der Waals surface area (Å²) in [6.45, 7) is 2.84. The molecule has 0 spiro atoms. The molecule has 0 heterocycles. The van der Waals surface area contributed by atoms with E-state index in [0.29, 0.717) is 12.5 Å². The predicted octanol–water partition coefficient (Wildman–Crippen LogP) is 3.00. The van der Waals surface area contributed by atoms with Crippen LogP contribution in [0.5, 0.6) is 5.75 Å². The third-order valence-corrected chi connectivity index (χ3v) is 4.50. The first-order valence-electron chi connectivity index (χ1n) is 7.76. The first kappa shape index (κ1) is 18.8. The minimum atomic E-state index is -0.622. The van der Waals surface area contributed by atoms with E-state index in [2.05, 4.69) is 24.4 Å². The Kier molecular flexibility index (Phi) is 7.17. The largest absolute Gasteiger partial charge is 0.497 e. The third kappa shape index (κ3) is 4.62. The topological polar surface area (TPSA) is 64.3 Å². The first-order chi connectivity index (χ1) is 10.0. The van der Waals surface area contributed by atoms with Gasteiger partial charge in [0.2, 0.25) is 5.91 Å². The van der Waals surface area contributed by atoms with Crippen LogP contribution >= 0.6 is 12.4 Å². The van der Waals surface area contributed by atoms with Crippen molar-refractivity contribution in [1.29, 1.82) is 0 Å². The number of nitrogens with one attached hydrogen (secondary N) is 1. The van der Waals surface area contributed by atoms with E-state index in [1.165, 1.54) is 5.56 Å². The van der Waals surface area contributed by atoms with Crippen LogP contribution in [0.3, 0.4) is 0 Å². The number of benzene rings is 1. The van der Waals surface area contributed by atoms with E-state index >= 15 is 0 Å². The average Bonchev–Trinajstić information content (AvgIpc) is 2.95. The van der Waals surface area contributed by atoms with Gasteiger partial charge in [-0.1, -0.05) is 31.9 Å². The van der Waals surface area contributed by atoms with Crippen molar-refractivity contribution in [3.8, 4) is 5.75 Å². The smallest absolute Gasteiger partial charge is 0.240 e. The molecule has 1 atom stereocenters. The number of hydrogen-bond acceptors (Lipinski definition) is 3. The Morgan fingerprint density at radius 3 is 2.45 bits per heavy atom. The summed E-state index contributed by atoms with van der Waals surface area (Å²) in [6.07, 6.45) is 4.66. The number of ether oxygens (including phenoxy) is 1. The first-order valence-corrected chi connectivity index (χ1v) is 7.76. The van der Waals surface area contributed by atoms with Crippen molar-refractivity contribution < 1.29 is 9.53 Å². The van der Waals surface area contributed by atoms with E-state index in [9.17, 15) is 4.79 Å². The molecule has 1 amide bonds. The molecule has 124 valence electrons. The summed E-state index contributed by atoms with van der Waals surface area (Å²) in [7, 11) is 1.67. The monoisotopic (exact) mass is 326 g/mol. The Balaban J connectivity index is 0.00000242. The zero-order valence-corrected chi connectivity index (χ0v) is 14.2. The van der Waals surface area contributed by atoms with Gasteiger partial charge in [0, 0.05) is 6.54 Å². The Bertz CT molecular complexity index is 470. The molecule has 0 saturated heterocycles. The Morgan fingerprint density at radius 2 is 1.91 bits per heavy atom. The normalized spacial score (nSPS) is 17.4. The predicted molar refractivity (Wildman–Crippen MR) is 91.7 cm³/mol. The molecule has 0 aliphatic heterocycles. The Labute approximate surface area is 139 Å². The van der Waals surface area contributed by atoms with E-state index in [-0.39, 0.29) is 18.3 Å². The number of carbonyl (C=O) groups excluding carboxylic acids is 1. The summed E-state index contributed by atoms with van der Waals surface area (Å²) in [6, 6.07) is 8.09. The molecule has 2 rings (SSSR count). The van der Waals surface area contributed by atoms with Crippen LogP contribution in [0.25, 0.3) is 0 Å². The summed E-state index contributed by atoms with van der Waals surface area (Å²) in [5.74, 6) is 1.28. The van der Waals surface area contributed by atoms with Gasteiger partial charge in [-0.2, -0.15) is 0 Å². The number of carbonyl (C=O) groups is 1. The van der Waals surface area contributed by atoms with E-state index in [0.717, 1.165) is 37.9 Å². The summed E-state index contributed by atoms with van der Waals surface area (Å²) < 4.78 is 5.16. The van der Waals surface area contributed by atoms with Crippen molar-refractivity contribution in [1.82, 2.24) is 5.32 Å². The van der Waals surface area contributed by atoms with E-state index in [1.54, 1.807) is 7.11 Å². The highest BCUT2D eigenvalue weighted by Crippen LogP contribution is 2.27. The molecule has 0 radical (unpaired) electrons. The van der Waals surface area contributed by atoms with Crippen molar-refractivity contribution in [2.24, 2.45) is 5.73 Å². The maximum atomic E-state index is 12.1. The second-order valence-electron chi connectivity index (χ2n) is 6.08. The van der Waals surface area contributed by atoms with Crippen molar-refractivity contribution in [2.45, 2.75) is 50.5 Å². The van der Waals surface area contributed by atoms with Crippen molar-refractivity contribution >= 4 is 18.3 Å². The standard InChI is InChI=1S/C17H26N2O2.ClH/c1-13(14-5-7-15(21-2)8-6-14)9-12-19-16(20)17(18)10-3-4-11-17;/h5-8,13H,3-4,9-12,18H2,1-2H3,(H,19,20);1H. The SMILES string of the molecule is COc1ccc(C(C)CCNC(=O)C2(N)CCCC2)cc1.Cl. The number of halogens is 1. The maximum absolute atomic E-state index is 12.1. The maximum Gasteiger partial charge on any atom is 0.240 e. The highest BCUT2D eigenvalue weighted by Gasteiger charge is 2.36. The van der Waals surface area contributed by atoms with Gasteiger partial charge >= 0.3 is 0 Å². The van der Waals surface area contributed by atoms with Crippen molar-refractivity contribution in [3.63, 3.8) is 0 Å². The molecule has 1 saturated carbocycles. The van der Waals surface area contributed by atoms with Crippen LogP contribution in [0.4, 0.5) is 0 Å². The molecule has 1 aliphatic carbocycles. The van der Waals surface area contributed by atoms with Crippen LogP contribution in [0.2, 0.25) is 0 Å². The van der Waals surface area contributed by atoms with E-state index < -0.39 is 5.54 Å². The molecule has 1 unspecified atom stereocenters. The van der Waals surface area contributed by atoms with Gasteiger partial charge in [-0.15, -0.1) is 12.4 Å². The van der Waals surface area contributed by atoms with E-state index in [1.807, 2.05) is 12.1 Å². The lowest BCUT2D eigenvalue weighted by Crippen LogP contribution is -2.52. The lowest BCUT2D eigenvalue weighted by Gasteiger charge is -2.23. The fourth-order valence-electron chi connectivity index (χ4n) is 2.91. The van der Waals surface area contributed by atoms with Gasteiger partial charge in [0.05, 0.1) is 12.6 Å². The minimum absolute atomic E-state index is 0. The summed E-state index contributed by atoms with van der Waals surface area (Å²) in [5, 5.41) is 3.00. The van der Waals surface area contributed by atoms with Gasteiger partial charge in [-0.25, -0.2) is 0 Å². The molecule has 0 aromatic heterocycles. The van der Waals surface area contributed by atoms with Crippen LogP contribution in [0.1, 0.15) is 50.5 Å². The molecule has 1 aromatic rings. The third-order valence-electron chi connectivity index (χ3n) is 4.50. The molecule has 1 fully saturated rings. The van der Waals surface area contributed by atoms with Gasteiger partial charge in [0.1, 0.15) is 5.75 Å². The molecule has 4 nitrogen and oxygen atoms in total. The molecule has 3 N–H and O–H groups in total. The molecule has 0 bridgehead atoms. The molecule has 5 heteroatoms. The van der Waals surface area contributed by atoms with Crippen molar-refractivity contribution in [2.75, 3.05) is 13.7 Å². The molecule has 1 aliphatic rings. The molecular weight excluding hydrogens is 300 g/mol. The van der Waals surface area contributed by atoms with Crippen LogP contribution in [-0.4, -0.2) is 25.1 Å². The van der Waals surface area contributed by atoms with E-state index in [4.69, 9.17) is 10.5 Å². The Morgan fingerprint density at radius 1 is 1.32 bits per heavy atom. The van der Waals surface area contributed by atoms with Crippen LogP contribution in [0, 0.1) is 0 Å². The highest BCUT2D eigenvalue weighted by atomic mass is 35.5. The second-order valence-corrected chi connectivity index (χ2v) is 6.08. The number of amides is 1. The second kappa shape index (κ2) is 8.39.